The molecule has 0 bridgehead atoms. The molecule has 2 heteroatoms. The molecule has 1 aromatic rings. The number of fused-ring (bicyclic) bond motifs is 1. The molecule has 58 valence electrons. The molecule has 0 aliphatic carbocycles. The highest BCUT2D eigenvalue weighted by Gasteiger charge is 2.12. The van der Waals surface area contributed by atoms with E-state index in [1.165, 1.54) is 16.7 Å². The maximum absolute atomic E-state index is 5.57. The van der Waals surface area contributed by atoms with Gasteiger partial charge in [-0.15, -0.1) is 0 Å². The molecule has 0 aromatic heterocycles. The molecule has 1 aliphatic heterocycles. The van der Waals surface area contributed by atoms with E-state index in [1.807, 2.05) is 6.07 Å². The number of ether oxygens (including phenoxy) is 1. The van der Waals surface area contributed by atoms with E-state index in [-0.39, 0.29) is 0 Å². The van der Waals surface area contributed by atoms with Crippen LogP contribution in [0, 0.1) is 0 Å². The normalized spacial score (nSPS) is 15.0. The van der Waals surface area contributed by atoms with E-state index in [4.69, 9.17) is 10.5 Å². The van der Waals surface area contributed by atoms with E-state index in [1.54, 1.807) is 0 Å². The third-order valence-electron chi connectivity index (χ3n) is 2.09. The molecule has 0 spiro atoms. The average Bonchev–Trinajstić information content (AvgIpc) is 2.50. The Hall–Kier alpha value is -0.860. The summed E-state index contributed by atoms with van der Waals surface area (Å²) in [7, 11) is 0. The fourth-order valence-electron chi connectivity index (χ4n) is 1.46. The second kappa shape index (κ2) is 2.64. The van der Waals surface area contributed by atoms with E-state index >= 15 is 0 Å². The molecule has 0 fully saturated rings. The number of hydrogen-bond donors (Lipinski definition) is 1. The van der Waals surface area contributed by atoms with E-state index in [0.717, 1.165) is 13.2 Å². The Morgan fingerprint density at radius 2 is 2.27 bits per heavy atom. The van der Waals surface area contributed by atoms with Crippen LogP contribution in [0.1, 0.15) is 16.7 Å². The zero-order valence-electron chi connectivity index (χ0n) is 6.34. The summed E-state index contributed by atoms with van der Waals surface area (Å²) < 4.78 is 5.30. The van der Waals surface area contributed by atoms with Crippen LogP contribution >= 0.6 is 0 Å². The highest BCUT2D eigenvalue weighted by Crippen LogP contribution is 2.22. The molecule has 1 heterocycles. The molecule has 0 radical (unpaired) electrons. The van der Waals surface area contributed by atoms with Gasteiger partial charge in [-0.3, -0.25) is 0 Å². The predicted octanol–water partition coefficient (Wildman–Crippen LogP) is 1.18. The smallest absolute Gasteiger partial charge is 0.0728 e. The van der Waals surface area contributed by atoms with E-state index in [0.29, 0.717) is 6.54 Å². The van der Waals surface area contributed by atoms with Crippen molar-refractivity contribution in [1.29, 1.82) is 0 Å². The van der Waals surface area contributed by atoms with Gasteiger partial charge in [-0.25, -0.2) is 0 Å². The molecule has 0 atom stereocenters. The summed E-state index contributed by atoms with van der Waals surface area (Å²) in [6.07, 6.45) is 0. The highest BCUT2D eigenvalue weighted by molar-refractivity contribution is 5.36. The first kappa shape index (κ1) is 6.83. The van der Waals surface area contributed by atoms with Crippen LogP contribution in [0.4, 0.5) is 0 Å². The van der Waals surface area contributed by atoms with Crippen molar-refractivity contribution in [2.75, 3.05) is 0 Å². The second-order valence-electron chi connectivity index (χ2n) is 2.75. The molecule has 2 nitrogen and oxygen atoms in total. The number of benzene rings is 1. The van der Waals surface area contributed by atoms with Crippen LogP contribution in [0.15, 0.2) is 18.2 Å². The first-order valence-corrected chi connectivity index (χ1v) is 3.79. The summed E-state index contributed by atoms with van der Waals surface area (Å²) in [4.78, 5) is 0. The van der Waals surface area contributed by atoms with Crippen molar-refractivity contribution < 1.29 is 4.74 Å². The van der Waals surface area contributed by atoms with Crippen molar-refractivity contribution in [3.05, 3.63) is 34.9 Å². The molecule has 0 saturated heterocycles. The van der Waals surface area contributed by atoms with Crippen molar-refractivity contribution in [3.63, 3.8) is 0 Å². The lowest BCUT2D eigenvalue weighted by molar-refractivity contribution is 0.134. The minimum Gasteiger partial charge on any atom is -0.372 e. The highest BCUT2D eigenvalue weighted by atomic mass is 16.5. The van der Waals surface area contributed by atoms with Crippen molar-refractivity contribution in [2.24, 2.45) is 5.73 Å². The Morgan fingerprint density at radius 3 is 3.09 bits per heavy atom. The Bertz CT molecular complexity index is 270. The summed E-state index contributed by atoms with van der Waals surface area (Å²) in [6, 6.07) is 6.20. The lowest BCUT2D eigenvalue weighted by Crippen LogP contribution is -2.00. The lowest BCUT2D eigenvalue weighted by Gasteiger charge is -2.02. The van der Waals surface area contributed by atoms with Crippen LogP contribution in [0.2, 0.25) is 0 Å². The van der Waals surface area contributed by atoms with Crippen LogP contribution < -0.4 is 5.73 Å². The van der Waals surface area contributed by atoms with Crippen molar-refractivity contribution in [1.82, 2.24) is 0 Å². The second-order valence-corrected chi connectivity index (χ2v) is 2.75. The Labute approximate surface area is 66.0 Å². The van der Waals surface area contributed by atoms with Crippen LogP contribution in [-0.2, 0) is 24.5 Å². The van der Waals surface area contributed by atoms with Crippen molar-refractivity contribution >= 4 is 0 Å². The summed E-state index contributed by atoms with van der Waals surface area (Å²) >= 11 is 0. The van der Waals surface area contributed by atoms with Crippen LogP contribution in [-0.4, -0.2) is 0 Å². The van der Waals surface area contributed by atoms with Gasteiger partial charge in [-0.1, -0.05) is 18.2 Å². The van der Waals surface area contributed by atoms with Gasteiger partial charge in [-0.2, -0.15) is 0 Å². The first-order chi connectivity index (χ1) is 5.42. The molecule has 2 N–H and O–H groups in total. The van der Waals surface area contributed by atoms with Gasteiger partial charge >= 0.3 is 0 Å². The topological polar surface area (TPSA) is 35.2 Å². The number of rotatable bonds is 1. The van der Waals surface area contributed by atoms with Gasteiger partial charge in [0.05, 0.1) is 13.2 Å². The van der Waals surface area contributed by atoms with Gasteiger partial charge in [0.25, 0.3) is 0 Å². The molecule has 1 aliphatic rings. The quantitative estimate of drug-likeness (QED) is 0.650. The maximum Gasteiger partial charge on any atom is 0.0728 e. The van der Waals surface area contributed by atoms with Gasteiger partial charge < -0.3 is 10.5 Å². The zero-order chi connectivity index (χ0) is 7.68. The van der Waals surface area contributed by atoms with Crippen LogP contribution in [0.25, 0.3) is 0 Å². The number of nitrogens with two attached hydrogens (primary N) is 1. The summed E-state index contributed by atoms with van der Waals surface area (Å²) in [5, 5.41) is 0. The molecule has 0 saturated carbocycles. The fraction of sp³-hybridized carbons (Fsp3) is 0.333. The van der Waals surface area contributed by atoms with Gasteiger partial charge in [0.1, 0.15) is 0 Å². The average molecular weight is 149 g/mol. The van der Waals surface area contributed by atoms with Gasteiger partial charge in [0, 0.05) is 6.54 Å². The largest absolute Gasteiger partial charge is 0.372 e. The van der Waals surface area contributed by atoms with E-state index < -0.39 is 0 Å². The fourth-order valence-corrected chi connectivity index (χ4v) is 1.46. The SMILES string of the molecule is NCc1cccc2c1COC2. The monoisotopic (exact) mass is 149 g/mol. The molecular weight excluding hydrogens is 138 g/mol. The summed E-state index contributed by atoms with van der Waals surface area (Å²) in [5.41, 5.74) is 9.39. The molecule has 11 heavy (non-hydrogen) atoms. The Kier molecular flexibility index (Phi) is 1.64. The standard InChI is InChI=1S/C9H11NO/c10-4-7-2-1-3-8-5-11-6-9(7)8/h1-3H,4-6,10H2. The van der Waals surface area contributed by atoms with Gasteiger partial charge in [0.2, 0.25) is 0 Å². The van der Waals surface area contributed by atoms with Gasteiger partial charge in [-0.05, 0) is 16.7 Å². The molecular formula is C9H11NO. The van der Waals surface area contributed by atoms with Crippen LogP contribution in [0.3, 0.4) is 0 Å². The summed E-state index contributed by atoms with van der Waals surface area (Å²) in [5.74, 6) is 0. The van der Waals surface area contributed by atoms with Crippen LogP contribution in [0.5, 0.6) is 0 Å². The van der Waals surface area contributed by atoms with Crippen molar-refractivity contribution in [3.8, 4) is 0 Å². The molecule has 0 amide bonds. The van der Waals surface area contributed by atoms with E-state index in [9.17, 15) is 0 Å². The Morgan fingerprint density at radius 1 is 1.36 bits per heavy atom. The van der Waals surface area contributed by atoms with Gasteiger partial charge in [0.15, 0.2) is 0 Å². The molecule has 2 rings (SSSR count). The minimum atomic E-state index is 0.618. The van der Waals surface area contributed by atoms with Crippen molar-refractivity contribution in [2.45, 2.75) is 19.8 Å². The first-order valence-electron chi connectivity index (χ1n) is 3.79. The lowest BCUT2D eigenvalue weighted by atomic mass is 10.0. The van der Waals surface area contributed by atoms with E-state index in [2.05, 4.69) is 12.1 Å². The summed E-state index contributed by atoms with van der Waals surface area (Å²) in [6.45, 7) is 2.11. The molecule has 0 unspecified atom stereocenters. The zero-order valence-corrected chi connectivity index (χ0v) is 6.34. The maximum atomic E-state index is 5.57. The minimum absolute atomic E-state index is 0.618. The Balaban J connectivity index is 2.50. The predicted molar refractivity (Wildman–Crippen MR) is 42.8 cm³/mol. The number of hydrogen-bond acceptors (Lipinski definition) is 2. The third-order valence-corrected chi connectivity index (χ3v) is 2.09. The third kappa shape index (κ3) is 1.04. The molecule has 1 aromatic carbocycles.